The lowest BCUT2D eigenvalue weighted by Gasteiger charge is -2.40. The molecule has 3 atom stereocenters. The second-order valence-electron chi connectivity index (χ2n) is 7.52. The Kier molecular flexibility index (Phi) is 5.39. The Labute approximate surface area is 145 Å². The zero-order valence-electron chi connectivity index (χ0n) is 15.2. The van der Waals surface area contributed by atoms with Crippen molar-refractivity contribution in [1.82, 2.24) is 19.6 Å². The van der Waals surface area contributed by atoms with Gasteiger partial charge >= 0.3 is 0 Å². The molecule has 0 aromatic carbocycles. The molecule has 1 aromatic heterocycles. The lowest BCUT2D eigenvalue weighted by Crippen LogP contribution is -2.42. The van der Waals surface area contributed by atoms with E-state index in [2.05, 4.69) is 35.4 Å². The van der Waals surface area contributed by atoms with Crippen LogP contribution in [0.25, 0.3) is 0 Å². The van der Waals surface area contributed by atoms with Crippen molar-refractivity contribution in [2.24, 2.45) is 18.9 Å². The summed E-state index contributed by atoms with van der Waals surface area (Å²) >= 11 is 0. The zero-order valence-corrected chi connectivity index (χ0v) is 15.2. The molecule has 1 aliphatic heterocycles. The molecule has 1 aromatic rings. The van der Waals surface area contributed by atoms with E-state index >= 15 is 0 Å². The number of nitrogens with zero attached hydrogens (tertiary/aromatic N) is 4. The summed E-state index contributed by atoms with van der Waals surface area (Å²) in [6, 6.07) is 0.356. The molecular weight excluding hydrogens is 300 g/mol. The highest BCUT2D eigenvalue weighted by molar-refractivity contribution is 5.76. The van der Waals surface area contributed by atoms with E-state index in [1.54, 1.807) is 0 Å². The maximum absolute atomic E-state index is 12.6. The van der Waals surface area contributed by atoms with Crippen LogP contribution in [-0.4, -0.2) is 52.7 Å². The van der Waals surface area contributed by atoms with Crippen LogP contribution in [0.1, 0.15) is 43.7 Å². The van der Waals surface area contributed by atoms with Gasteiger partial charge in [0.25, 0.3) is 0 Å². The molecule has 2 aliphatic rings. The van der Waals surface area contributed by atoms with Gasteiger partial charge in [-0.2, -0.15) is 5.10 Å². The van der Waals surface area contributed by atoms with Gasteiger partial charge in [0, 0.05) is 44.9 Å². The van der Waals surface area contributed by atoms with Crippen LogP contribution in [-0.2, 0) is 11.8 Å². The number of aromatic nitrogens is 2. The lowest BCUT2D eigenvalue weighted by atomic mass is 9.85. The number of hydrogen-bond acceptors (Lipinski definition) is 3. The van der Waals surface area contributed by atoms with Gasteiger partial charge in [0.15, 0.2) is 0 Å². The van der Waals surface area contributed by atoms with Gasteiger partial charge in [-0.05, 0) is 51.1 Å². The van der Waals surface area contributed by atoms with Crippen molar-refractivity contribution in [3.63, 3.8) is 0 Å². The molecule has 2 heterocycles. The average molecular weight is 330 g/mol. The number of aryl methyl sites for hydroxylation is 1. The first-order valence-corrected chi connectivity index (χ1v) is 9.14. The summed E-state index contributed by atoms with van der Waals surface area (Å²) in [4.78, 5) is 16.9. The van der Waals surface area contributed by atoms with E-state index in [0.717, 1.165) is 25.9 Å². The van der Waals surface area contributed by atoms with E-state index in [9.17, 15) is 4.79 Å². The number of carbonyl (C=O) groups is 1. The van der Waals surface area contributed by atoms with Gasteiger partial charge in [0.1, 0.15) is 0 Å². The third kappa shape index (κ3) is 3.89. The standard InChI is InChI=1S/C19H30N4O/c1-21-10-6-9-16(19(21)17-12-20-23(3)14-17)13-22(2)18(24)11-15-7-4-5-8-15/h4,7,12,14-16,19H,5-6,8-11,13H2,1-3H3/t15-,16+,19-/m1/s1. The first-order valence-electron chi connectivity index (χ1n) is 9.14. The van der Waals surface area contributed by atoms with Crippen LogP contribution in [0.4, 0.5) is 0 Å². The van der Waals surface area contributed by atoms with Gasteiger partial charge in [-0.3, -0.25) is 14.4 Å². The molecule has 24 heavy (non-hydrogen) atoms. The summed E-state index contributed by atoms with van der Waals surface area (Å²) in [6.45, 7) is 1.94. The minimum atomic E-state index is 0.282. The summed E-state index contributed by atoms with van der Waals surface area (Å²) in [5.41, 5.74) is 1.27. The Balaban J connectivity index is 1.64. The van der Waals surface area contributed by atoms with Gasteiger partial charge in [-0.25, -0.2) is 0 Å². The maximum Gasteiger partial charge on any atom is 0.222 e. The van der Waals surface area contributed by atoms with Crippen LogP contribution >= 0.6 is 0 Å². The van der Waals surface area contributed by atoms with Crippen molar-refractivity contribution in [1.29, 1.82) is 0 Å². The molecule has 0 N–H and O–H groups in total. The molecule has 5 nitrogen and oxygen atoms in total. The van der Waals surface area contributed by atoms with E-state index in [0.29, 0.717) is 24.3 Å². The minimum absolute atomic E-state index is 0.282. The van der Waals surface area contributed by atoms with E-state index in [1.165, 1.54) is 18.4 Å². The fourth-order valence-corrected chi connectivity index (χ4v) is 4.27. The normalized spacial score (nSPS) is 27.5. The van der Waals surface area contributed by atoms with Crippen LogP contribution in [0.15, 0.2) is 24.5 Å². The van der Waals surface area contributed by atoms with E-state index in [-0.39, 0.29) is 5.91 Å². The zero-order chi connectivity index (χ0) is 17.1. The molecular formula is C19H30N4O. The molecule has 132 valence electrons. The van der Waals surface area contributed by atoms with Crippen molar-refractivity contribution in [2.75, 3.05) is 27.2 Å². The van der Waals surface area contributed by atoms with Crippen LogP contribution < -0.4 is 0 Å². The maximum atomic E-state index is 12.6. The smallest absolute Gasteiger partial charge is 0.222 e. The predicted octanol–water partition coefficient (Wildman–Crippen LogP) is 2.62. The monoisotopic (exact) mass is 330 g/mol. The van der Waals surface area contributed by atoms with Crippen LogP contribution in [0.5, 0.6) is 0 Å². The van der Waals surface area contributed by atoms with E-state index < -0.39 is 0 Å². The fraction of sp³-hybridized carbons (Fsp3) is 0.684. The molecule has 0 saturated carbocycles. The predicted molar refractivity (Wildman–Crippen MR) is 95.4 cm³/mol. The van der Waals surface area contributed by atoms with Crippen molar-refractivity contribution < 1.29 is 4.79 Å². The van der Waals surface area contributed by atoms with Crippen molar-refractivity contribution >= 4 is 5.91 Å². The summed E-state index contributed by atoms with van der Waals surface area (Å²) in [6.07, 6.45) is 13.8. The SMILES string of the molecule is CN(C[C@@H]1CCCN(C)[C@H]1c1cnn(C)c1)C(=O)C[C@@H]1C=CCC1. The Bertz CT molecular complexity index is 594. The Morgan fingerprint density at radius 3 is 2.88 bits per heavy atom. The Hall–Kier alpha value is -1.62. The molecule has 1 aliphatic carbocycles. The van der Waals surface area contributed by atoms with Crippen LogP contribution in [0.3, 0.4) is 0 Å². The number of likely N-dealkylation sites (tertiary alicyclic amines) is 1. The Morgan fingerprint density at radius 2 is 2.21 bits per heavy atom. The van der Waals surface area contributed by atoms with E-state index in [1.807, 2.05) is 29.9 Å². The topological polar surface area (TPSA) is 41.4 Å². The second-order valence-corrected chi connectivity index (χ2v) is 7.52. The lowest BCUT2D eigenvalue weighted by molar-refractivity contribution is -0.131. The highest BCUT2D eigenvalue weighted by Crippen LogP contribution is 2.35. The van der Waals surface area contributed by atoms with Gasteiger partial charge in [-0.15, -0.1) is 0 Å². The third-order valence-electron chi connectivity index (χ3n) is 5.56. The quantitative estimate of drug-likeness (QED) is 0.779. The molecule has 1 saturated heterocycles. The van der Waals surface area contributed by atoms with Crippen molar-refractivity contribution in [2.45, 2.75) is 38.1 Å². The average Bonchev–Trinajstić information content (AvgIpc) is 3.19. The third-order valence-corrected chi connectivity index (χ3v) is 5.56. The molecule has 0 radical (unpaired) electrons. The molecule has 3 rings (SSSR count). The molecule has 0 unspecified atom stereocenters. The number of amides is 1. The van der Waals surface area contributed by atoms with E-state index in [4.69, 9.17) is 0 Å². The van der Waals surface area contributed by atoms with Gasteiger partial charge in [-0.1, -0.05) is 12.2 Å². The fourth-order valence-electron chi connectivity index (χ4n) is 4.27. The molecule has 1 amide bonds. The molecule has 0 bridgehead atoms. The largest absolute Gasteiger partial charge is 0.345 e. The number of allylic oxidation sites excluding steroid dienone is 2. The number of hydrogen-bond donors (Lipinski definition) is 0. The molecule has 1 fully saturated rings. The molecule has 0 spiro atoms. The molecule has 5 heteroatoms. The number of piperidine rings is 1. The van der Waals surface area contributed by atoms with Gasteiger partial charge < -0.3 is 4.90 Å². The van der Waals surface area contributed by atoms with Crippen molar-refractivity contribution in [3.8, 4) is 0 Å². The summed E-state index contributed by atoms with van der Waals surface area (Å²) in [7, 11) is 6.12. The number of carbonyl (C=O) groups excluding carboxylic acids is 1. The van der Waals surface area contributed by atoms with Crippen LogP contribution in [0, 0.1) is 11.8 Å². The van der Waals surface area contributed by atoms with Crippen molar-refractivity contribution in [3.05, 3.63) is 30.1 Å². The Morgan fingerprint density at radius 1 is 1.38 bits per heavy atom. The van der Waals surface area contributed by atoms with Crippen LogP contribution in [0.2, 0.25) is 0 Å². The number of rotatable bonds is 5. The summed E-state index contributed by atoms with van der Waals surface area (Å²) in [5.74, 6) is 1.20. The second kappa shape index (κ2) is 7.51. The van der Waals surface area contributed by atoms with Gasteiger partial charge in [0.2, 0.25) is 5.91 Å². The van der Waals surface area contributed by atoms with Gasteiger partial charge in [0.05, 0.1) is 6.20 Å². The summed E-state index contributed by atoms with van der Waals surface area (Å²) < 4.78 is 1.87. The first kappa shape index (κ1) is 17.2. The first-order chi connectivity index (χ1) is 11.5. The summed E-state index contributed by atoms with van der Waals surface area (Å²) in [5, 5.41) is 4.35. The highest BCUT2D eigenvalue weighted by atomic mass is 16.2. The highest BCUT2D eigenvalue weighted by Gasteiger charge is 2.33. The minimum Gasteiger partial charge on any atom is -0.345 e.